The van der Waals surface area contributed by atoms with Crippen molar-refractivity contribution in [2.24, 2.45) is 0 Å². The van der Waals surface area contributed by atoms with Crippen LogP contribution in [0, 0.1) is 0 Å². The van der Waals surface area contributed by atoms with Crippen LogP contribution < -0.4 is 0 Å². The van der Waals surface area contributed by atoms with Gasteiger partial charge < -0.3 is 0 Å². The molecule has 0 aliphatic carbocycles. The Morgan fingerprint density at radius 1 is 1.45 bits per heavy atom. The number of hydrogen-bond donors (Lipinski definition) is 0. The third kappa shape index (κ3) is 6.49. The first-order chi connectivity index (χ1) is 5.35. The maximum Gasteiger partial charge on any atom is 0.00416 e. The molecule has 0 radical (unpaired) electrons. The van der Waals surface area contributed by atoms with Gasteiger partial charge >= 0.3 is 0 Å². The maximum absolute atomic E-state index is 3.71. The summed E-state index contributed by atoms with van der Waals surface area (Å²) in [4.78, 5) is 0. The van der Waals surface area contributed by atoms with Gasteiger partial charge in [0.2, 0.25) is 0 Å². The highest BCUT2D eigenvalue weighted by Crippen LogP contribution is 2.17. The van der Waals surface area contributed by atoms with Crippen molar-refractivity contribution in [3.05, 3.63) is 12.7 Å². The molecule has 0 aromatic carbocycles. The molecule has 0 amide bonds. The monoisotopic (exact) mass is 172 g/mol. The van der Waals surface area contributed by atoms with E-state index in [9.17, 15) is 0 Å². The molecule has 0 saturated carbocycles. The van der Waals surface area contributed by atoms with Gasteiger partial charge in [0.25, 0.3) is 0 Å². The molecule has 1 heteroatoms. The van der Waals surface area contributed by atoms with Gasteiger partial charge in [-0.1, -0.05) is 19.4 Å². The summed E-state index contributed by atoms with van der Waals surface area (Å²) >= 11 is 2.00. The van der Waals surface area contributed by atoms with Crippen molar-refractivity contribution in [2.75, 3.05) is 6.26 Å². The lowest BCUT2D eigenvalue weighted by Crippen LogP contribution is -1.98. The Labute approximate surface area is 75.5 Å². The number of hydrogen-bond acceptors (Lipinski definition) is 1. The smallest absolute Gasteiger partial charge is 0.00416 e. The molecule has 0 heterocycles. The first-order valence-corrected chi connectivity index (χ1v) is 5.77. The third-order valence-corrected chi connectivity index (χ3v) is 3.21. The Hall–Kier alpha value is 0.0900. The van der Waals surface area contributed by atoms with Crippen molar-refractivity contribution < 1.29 is 0 Å². The maximum atomic E-state index is 3.71. The minimum Gasteiger partial charge on any atom is -0.162 e. The van der Waals surface area contributed by atoms with Crippen molar-refractivity contribution in [1.82, 2.24) is 0 Å². The summed E-state index contributed by atoms with van der Waals surface area (Å²) in [5.74, 6) is 0. The number of rotatable bonds is 7. The van der Waals surface area contributed by atoms with E-state index in [0.717, 1.165) is 5.25 Å². The molecule has 0 aromatic heterocycles. The fraction of sp³-hybridized carbons (Fsp3) is 0.800. The molecule has 0 bridgehead atoms. The van der Waals surface area contributed by atoms with Crippen LogP contribution in [0.4, 0.5) is 0 Å². The van der Waals surface area contributed by atoms with Crippen molar-refractivity contribution in [3.8, 4) is 0 Å². The zero-order chi connectivity index (χ0) is 8.53. The summed E-state index contributed by atoms with van der Waals surface area (Å²) in [6.45, 7) is 5.98. The van der Waals surface area contributed by atoms with Crippen LogP contribution in [0.2, 0.25) is 0 Å². The van der Waals surface area contributed by atoms with Gasteiger partial charge in [-0.05, 0) is 31.9 Å². The quantitative estimate of drug-likeness (QED) is 0.415. The summed E-state index contributed by atoms with van der Waals surface area (Å²) < 4.78 is 0. The number of allylic oxidation sites excluding steroid dienone is 1. The Morgan fingerprint density at radius 2 is 2.18 bits per heavy atom. The van der Waals surface area contributed by atoms with Gasteiger partial charge in [-0.3, -0.25) is 0 Å². The fourth-order valence-corrected chi connectivity index (χ4v) is 1.89. The van der Waals surface area contributed by atoms with Crippen LogP contribution in [0.3, 0.4) is 0 Å². The van der Waals surface area contributed by atoms with Gasteiger partial charge in [-0.2, -0.15) is 11.8 Å². The molecule has 11 heavy (non-hydrogen) atoms. The Kier molecular flexibility index (Phi) is 8.26. The van der Waals surface area contributed by atoms with Crippen LogP contribution in [-0.4, -0.2) is 11.5 Å². The molecule has 0 aromatic rings. The Balaban J connectivity index is 3.13. The molecule has 0 nitrogen and oxygen atoms in total. The van der Waals surface area contributed by atoms with Gasteiger partial charge in [0.1, 0.15) is 0 Å². The van der Waals surface area contributed by atoms with Gasteiger partial charge in [-0.15, -0.1) is 6.58 Å². The molecular weight excluding hydrogens is 152 g/mol. The van der Waals surface area contributed by atoms with E-state index in [1.807, 2.05) is 17.8 Å². The van der Waals surface area contributed by atoms with Crippen LogP contribution in [0.15, 0.2) is 12.7 Å². The van der Waals surface area contributed by atoms with E-state index < -0.39 is 0 Å². The van der Waals surface area contributed by atoms with E-state index in [4.69, 9.17) is 0 Å². The predicted octanol–water partition coefficient (Wildman–Crippen LogP) is 3.87. The molecule has 0 rings (SSSR count). The van der Waals surface area contributed by atoms with Crippen LogP contribution in [-0.2, 0) is 0 Å². The zero-order valence-electron chi connectivity index (χ0n) is 7.81. The van der Waals surface area contributed by atoms with Gasteiger partial charge in [-0.25, -0.2) is 0 Å². The van der Waals surface area contributed by atoms with Crippen molar-refractivity contribution >= 4 is 11.8 Å². The molecule has 0 aliphatic heterocycles. The normalized spacial score (nSPS) is 12.9. The summed E-state index contributed by atoms with van der Waals surface area (Å²) in [7, 11) is 0. The molecule has 1 atom stereocenters. The van der Waals surface area contributed by atoms with E-state index in [2.05, 4.69) is 19.8 Å². The SMILES string of the molecule is C=CCCCCC(CC)SC. The van der Waals surface area contributed by atoms with Gasteiger partial charge in [0.15, 0.2) is 0 Å². The molecule has 0 N–H and O–H groups in total. The highest BCUT2D eigenvalue weighted by atomic mass is 32.2. The lowest BCUT2D eigenvalue weighted by Gasteiger charge is -2.10. The van der Waals surface area contributed by atoms with E-state index in [0.29, 0.717) is 0 Å². The second-order valence-electron chi connectivity index (χ2n) is 2.84. The minimum atomic E-state index is 0.889. The van der Waals surface area contributed by atoms with Crippen LogP contribution in [0.5, 0.6) is 0 Å². The van der Waals surface area contributed by atoms with Crippen LogP contribution in [0.25, 0.3) is 0 Å². The molecule has 0 spiro atoms. The standard InChI is InChI=1S/C10H20S/c1-4-6-7-8-9-10(5-2)11-3/h4,10H,1,5-9H2,2-3H3. The topological polar surface area (TPSA) is 0 Å². The molecule has 0 saturated heterocycles. The average molecular weight is 172 g/mol. The van der Waals surface area contributed by atoms with Gasteiger partial charge in [0.05, 0.1) is 0 Å². The van der Waals surface area contributed by atoms with E-state index in [1.54, 1.807) is 0 Å². The van der Waals surface area contributed by atoms with Crippen molar-refractivity contribution in [1.29, 1.82) is 0 Å². The van der Waals surface area contributed by atoms with E-state index in [-0.39, 0.29) is 0 Å². The second-order valence-corrected chi connectivity index (χ2v) is 3.98. The first-order valence-electron chi connectivity index (χ1n) is 4.48. The third-order valence-electron chi connectivity index (χ3n) is 1.97. The van der Waals surface area contributed by atoms with Gasteiger partial charge in [0, 0.05) is 5.25 Å². The minimum absolute atomic E-state index is 0.889. The lowest BCUT2D eigenvalue weighted by molar-refractivity contribution is 0.651. The number of unbranched alkanes of at least 4 members (excludes halogenated alkanes) is 2. The van der Waals surface area contributed by atoms with Crippen molar-refractivity contribution in [3.63, 3.8) is 0 Å². The summed E-state index contributed by atoms with van der Waals surface area (Å²) in [5, 5.41) is 0.889. The van der Waals surface area contributed by atoms with Crippen LogP contribution >= 0.6 is 11.8 Å². The summed E-state index contributed by atoms with van der Waals surface area (Å²) in [6.07, 6.45) is 10.8. The number of thioether (sulfide) groups is 1. The second kappa shape index (κ2) is 8.19. The highest BCUT2D eigenvalue weighted by Gasteiger charge is 2.01. The molecule has 0 fully saturated rings. The van der Waals surface area contributed by atoms with Crippen molar-refractivity contribution in [2.45, 2.75) is 44.3 Å². The van der Waals surface area contributed by atoms with Crippen LogP contribution in [0.1, 0.15) is 39.0 Å². The zero-order valence-corrected chi connectivity index (χ0v) is 8.62. The Bertz CT molecular complexity index is 84.9. The average Bonchev–Trinajstić information content (AvgIpc) is 2.05. The molecule has 66 valence electrons. The first kappa shape index (κ1) is 11.1. The van der Waals surface area contributed by atoms with E-state index >= 15 is 0 Å². The predicted molar refractivity (Wildman–Crippen MR) is 56.3 cm³/mol. The molecular formula is C10H20S. The largest absolute Gasteiger partial charge is 0.162 e. The summed E-state index contributed by atoms with van der Waals surface area (Å²) in [6, 6.07) is 0. The highest BCUT2D eigenvalue weighted by molar-refractivity contribution is 7.99. The molecule has 0 aliphatic rings. The fourth-order valence-electron chi connectivity index (χ4n) is 1.15. The van der Waals surface area contributed by atoms with E-state index in [1.165, 1.54) is 32.1 Å². The Morgan fingerprint density at radius 3 is 2.64 bits per heavy atom. The lowest BCUT2D eigenvalue weighted by atomic mass is 10.1. The molecule has 1 unspecified atom stereocenters. The summed E-state index contributed by atoms with van der Waals surface area (Å²) in [5.41, 5.74) is 0.